The average molecular weight is 523 g/mol. The van der Waals surface area contributed by atoms with Gasteiger partial charge in [0.1, 0.15) is 15.8 Å². The SMILES string of the molecule is CC(=O)Nc1cc(S(=O)(=O)[O-])cc2cc(SOO[O-])c(N=Nc3ccc(C)cc3)c(O)c12.[Na+].[Na+]. The number of nitrogens with one attached hydrogen (secondary N) is 1. The van der Waals surface area contributed by atoms with Crippen molar-refractivity contribution in [1.29, 1.82) is 0 Å². The van der Waals surface area contributed by atoms with Gasteiger partial charge in [-0.15, -0.1) is 5.11 Å². The summed E-state index contributed by atoms with van der Waals surface area (Å²) in [6.07, 6.45) is 0. The number of anilines is 1. The van der Waals surface area contributed by atoms with Crippen LogP contribution in [-0.2, 0) is 24.3 Å². The standard InChI is InChI=1S/C19H17N3O8S2.2Na/c1-10-3-5-13(6-4-10)21-22-18-16(31-30-29-25)8-12-7-14(32(26,27)28)9-15(20-11(2)23)17(12)19(18)24;;/h3-9,24-25H,1-2H3,(H,20,23)(H,26,27,28);;/q;2*+1/p-2. The molecule has 0 aliphatic rings. The summed E-state index contributed by atoms with van der Waals surface area (Å²) < 4.78 is 39.0. The third-order valence-corrected chi connectivity index (χ3v) is 5.60. The van der Waals surface area contributed by atoms with Gasteiger partial charge in [0.05, 0.1) is 33.2 Å². The third-order valence-electron chi connectivity index (χ3n) is 4.17. The van der Waals surface area contributed by atoms with E-state index in [1.165, 1.54) is 13.0 Å². The largest absolute Gasteiger partial charge is 1.00 e. The van der Waals surface area contributed by atoms with Crippen molar-refractivity contribution < 1.29 is 96.6 Å². The molecule has 2 N–H and O–H groups in total. The van der Waals surface area contributed by atoms with Crippen molar-refractivity contribution in [2.45, 2.75) is 23.6 Å². The monoisotopic (exact) mass is 523 g/mol. The Bertz CT molecular complexity index is 1320. The maximum absolute atomic E-state index is 11.6. The summed E-state index contributed by atoms with van der Waals surface area (Å²) in [4.78, 5) is 11.0. The molecule has 11 nitrogen and oxygen atoms in total. The van der Waals surface area contributed by atoms with Crippen LogP contribution in [-0.4, -0.2) is 24.0 Å². The Morgan fingerprint density at radius 2 is 1.76 bits per heavy atom. The predicted octanol–water partition coefficient (Wildman–Crippen LogP) is -2.63. The van der Waals surface area contributed by atoms with Crippen LogP contribution < -0.4 is 69.7 Å². The van der Waals surface area contributed by atoms with Gasteiger partial charge in [-0.05, 0) is 42.6 Å². The fraction of sp³-hybridized carbons (Fsp3) is 0.105. The minimum absolute atomic E-state index is 0. The van der Waals surface area contributed by atoms with Crippen molar-refractivity contribution >= 4 is 55.9 Å². The number of hydrogen-bond donors (Lipinski definition) is 2. The number of hydrogen-bond acceptors (Lipinski definition) is 11. The summed E-state index contributed by atoms with van der Waals surface area (Å²) in [7, 11) is -4.89. The molecule has 0 heterocycles. The van der Waals surface area contributed by atoms with E-state index in [1.807, 2.05) is 6.92 Å². The number of carbonyl (C=O) groups excluding carboxylic acids is 1. The summed E-state index contributed by atoms with van der Waals surface area (Å²) in [5.41, 5.74) is 1.18. The Morgan fingerprint density at radius 3 is 2.32 bits per heavy atom. The summed E-state index contributed by atoms with van der Waals surface area (Å²) in [6.45, 7) is 3.06. The first kappa shape index (κ1) is 31.0. The molecule has 0 aliphatic heterocycles. The molecule has 0 spiro atoms. The zero-order valence-corrected chi connectivity index (χ0v) is 24.2. The zero-order valence-electron chi connectivity index (χ0n) is 18.6. The molecule has 0 bridgehead atoms. The first-order valence-electron chi connectivity index (χ1n) is 8.79. The molecule has 3 rings (SSSR count). The molecule has 15 heteroatoms. The number of aryl methyl sites for hydroxylation is 1. The van der Waals surface area contributed by atoms with Gasteiger partial charge in [0, 0.05) is 12.3 Å². The van der Waals surface area contributed by atoms with Crippen LogP contribution in [0, 0.1) is 6.92 Å². The second-order valence-electron chi connectivity index (χ2n) is 6.53. The van der Waals surface area contributed by atoms with Gasteiger partial charge in [-0.2, -0.15) is 9.45 Å². The quantitative estimate of drug-likeness (QED) is 0.0839. The van der Waals surface area contributed by atoms with E-state index in [2.05, 4.69) is 24.9 Å². The number of carbonyl (C=O) groups is 1. The number of benzene rings is 3. The van der Waals surface area contributed by atoms with Crippen molar-refractivity contribution in [3.05, 3.63) is 48.0 Å². The molecule has 0 aromatic heterocycles. The first-order valence-corrected chi connectivity index (χ1v) is 10.9. The van der Waals surface area contributed by atoms with Gasteiger partial charge in [-0.25, -0.2) is 8.42 Å². The number of nitrogens with zero attached hydrogens (tertiary/aromatic N) is 2. The smallest absolute Gasteiger partial charge is 0.744 e. The number of rotatable bonds is 7. The molecule has 0 aliphatic carbocycles. The zero-order chi connectivity index (χ0) is 23.5. The maximum Gasteiger partial charge on any atom is 1.00 e. The molecule has 168 valence electrons. The van der Waals surface area contributed by atoms with Crippen molar-refractivity contribution in [1.82, 2.24) is 0 Å². The van der Waals surface area contributed by atoms with E-state index in [4.69, 9.17) is 0 Å². The molecular formula is C19H15N3Na2O8S2. The molecule has 0 fully saturated rings. The fourth-order valence-electron chi connectivity index (χ4n) is 2.82. The van der Waals surface area contributed by atoms with Crippen LogP contribution in [0.1, 0.15) is 12.5 Å². The normalized spacial score (nSPS) is 11.2. The van der Waals surface area contributed by atoms with Crippen LogP contribution >= 0.6 is 12.0 Å². The van der Waals surface area contributed by atoms with Crippen LogP contribution in [0.15, 0.2) is 62.5 Å². The number of aromatic hydroxyl groups is 1. The van der Waals surface area contributed by atoms with Crippen LogP contribution in [0.25, 0.3) is 10.8 Å². The van der Waals surface area contributed by atoms with Crippen LogP contribution in [0.4, 0.5) is 17.1 Å². The Kier molecular flexibility index (Phi) is 12.1. The number of azo groups is 1. The molecule has 0 unspecified atom stereocenters. The number of phenols is 1. The van der Waals surface area contributed by atoms with E-state index in [0.717, 1.165) is 17.7 Å². The molecule has 0 saturated heterocycles. The molecule has 3 aromatic carbocycles. The van der Waals surface area contributed by atoms with Crippen LogP contribution in [0.2, 0.25) is 0 Å². The summed E-state index contributed by atoms with van der Waals surface area (Å²) in [5.74, 6) is -1.08. The second kappa shape index (κ2) is 13.3. The van der Waals surface area contributed by atoms with Crippen molar-refractivity contribution in [2.24, 2.45) is 10.2 Å². The molecule has 0 atom stereocenters. The summed E-state index contributed by atoms with van der Waals surface area (Å²) >= 11 is 0.383. The Labute approximate surface area is 243 Å². The van der Waals surface area contributed by atoms with E-state index >= 15 is 0 Å². The van der Waals surface area contributed by atoms with E-state index < -0.39 is 26.7 Å². The van der Waals surface area contributed by atoms with Crippen molar-refractivity contribution in [2.75, 3.05) is 5.32 Å². The van der Waals surface area contributed by atoms with Gasteiger partial charge >= 0.3 is 59.1 Å². The topological polar surface area (TPSA) is 173 Å². The van der Waals surface area contributed by atoms with Gasteiger partial charge in [0.2, 0.25) is 5.91 Å². The second-order valence-corrected chi connectivity index (χ2v) is 8.65. The van der Waals surface area contributed by atoms with Gasteiger partial charge in [0.25, 0.3) is 0 Å². The minimum atomic E-state index is -4.89. The van der Waals surface area contributed by atoms with Crippen LogP contribution in [0.3, 0.4) is 0 Å². The minimum Gasteiger partial charge on any atom is -0.744 e. The van der Waals surface area contributed by atoms with E-state index in [0.29, 0.717) is 17.7 Å². The van der Waals surface area contributed by atoms with E-state index in [1.54, 1.807) is 24.3 Å². The summed E-state index contributed by atoms with van der Waals surface area (Å²) in [5, 5.41) is 35.1. The average Bonchev–Trinajstić information content (AvgIpc) is 2.71. The van der Waals surface area contributed by atoms with Gasteiger partial charge < -0.3 is 20.2 Å². The molecule has 3 aromatic rings. The number of amides is 1. The first-order chi connectivity index (χ1) is 15.1. The molecule has 0 radical (unpaired) electrons. The van der Waals surface area contributed by atoms with Gasteiger partial charge in [-0.1, -0.05) is 17.7 Å². The van der Waals surface area contributed by atoms with Crippen molar-refractivity contribution in [3.8, 4) is 5.75 Å². The molecule has 0 saturated carbocycles. The number of fused-ring (bicyclic) bond motifs is 1. The molecule has 34 heavy (non-hydrogen) atoms. The Balaban J connectivity index is 0.00000289. The molecular weight excluding hydrogens is 508 g/mol. The fourth-order valence-corrected chi connectivity index (χ4v) is 3.85. The van der Waals surface area contributed by atoms with Gasteiger partial charge in [0.15, 0.2) is 5.75 Å². The Morgan fingerprint density at radius 1 is 1.12 bits per heavy atom. The van der Waals surface area contributed by atoms with E-state index in [-0.39, 0.29) is 86.2 Å². The summed E-state index contributed by atoms with van der Waals surface area (Å²) in [6, 6.07) is 10.2. The van der Waals surface area contributed by atoms with Crippen LogP contribution in [0.5, 0.6) is 5.75 Å². The predicted molar refractivity (Wildman–Crippen MR) is 111 cm³/mol. The maximum atomic E-state index is 11.6. The van der Waals surface area contributed by atoms with Crippen molar-refractivity contribution in [3.63, 3.8) is 0 Å². The van der Waals surface area contributed by atoms with E-state index in [9.17, 15) is 28.1 Å². The van der Waals surface area contributed by atoms with Gasteiger partial charge in [-0.3, -0.25) is 9.83 Å². The number of phenolic OH excluding ortho intramolecular Hbond substituents is 1. The third kappa shape index (κ3) is 7.71. The molecule has 1 amide bonds. The Hall–Kier alpha value is -1.07.